The van der Waals surface area contributed by atoms with Crippen molar-refractivity contribution in [3.8, 4) is 5.69 Å². The number of nitrogens with zero attached hydrogens (tertiary/aromatic N) is 4. The smallest absolute Gasteiger partial charge is 0.229 e. The van der Waals surface area contributed by atoms with Gasteiger partial charge in [-0.3, -0.25) is 4.72 Å². The summed E-state index contributed by atoms with van der Waals surface area (Å²) in [5.41, 5.74) is 2.58. The first-order valence-corrected chi connectivity index (χ1v) is 11.4. The maximum atomic E-state index is 11.6. The second kappa shape index (κ2) is 8.62. The molecule has 0 unspecified atom stereocenters. The van der Waals surface area contributed by atoms with Crippen LogP contribution in [0.4, 0.5) is 28.8 Å². The van der Waals surface area contributed by atoms with Crippen molar-refractivity contribution in [2.24, 2.45) is 0 Å². The highest BCUT2D eigenvalue weighted by Crippen LogP contribution is 2.29. The van der Waals surface area contributed by atoms with E-state index in [0.717, 1.165) is 17.6 Å². The lowest BCUT2D eigenvalue weighted by Crippen LogP contribution is -2.11. The topological polar surface area (TPSA) is 114 Å². The van der Waals surface area contributed by atoms with E-state index in [1.807, 2.05) is 36.5 Å². The molecular weight excluding hydrogens is 438 g/mol. The molecule has 0 aliphatic rings. The molecule has 0 fully saturated rings. The van der Waals surface area contributed by atoms with Gasteiger partial charge in [-0.2, -0.15) is 10.1 Å². The third kappa shape index (κ3) is 5.30. The Bertz CT molecular complexity index is 1290. The lowest BCUT2D eigenvalue weighted by atomic mass is 10.2. The van der Waals surface area contributed by atoms with Crippen LogP contribution in [0.2, 0.25) is 5.02 Å². The molecule has 0 radical (unpaired) electrons. The number of hydrogen-bond donors (Lipinski definition) is 3. The average Bonchev–Trinajstić information content (AvgIpc) is 3.26. The first kappa shape index (κ1) is 20.6. The maximum Gasteiger partial charge on any atom is 0.229 e. The van der Waals surface area contributed by atoms with Gasteiger partial charge in [0.15, 0.2) is 5.82 Å². The van der Waals surface area contributed by atoms with E-state index in [-0.39, 0.29) is 5.02 Å². The summed E-state index contributed by atoms with van der Waals surface area (Å²) in [7, 11) is -3.45. The van der Waals surface area contributed by atoms with Gasteiger partial charge >= 0.3 is 0 Å². The van der Waals surface area contributed by atoms with Crippen LogP contribution in [-0.4, -0.2) is 34.4 Å². The fraction of sp³-hybridized carbons (Fsp3) is 0.0500. The summed E-state index contributed by atoms with van der Waals surface area (Å²) in [6, 6.07) is 16.3. The van der Waals surface area contributed by atoms with Crippen LogP contribution < -0.4 is 15.4 Å². The molecule has 0 amide bonds. The molecule has 0 spiro atoms. The maximum absolute atomic E-state index is 11.6. The number of anilines is 5. The van der Waals surface area contributed by atoms with Crippen LogP contribution in [0.3, 0.4) is 0 Å². The molecule has 0 aliphatic carbocycles. The number of sulfonamides is 1. The first-order valence-electron chi connectivity index (χ1n) is 9.11. The van der Waals surface area contributed by atoms with Crippen LogP contribution in [0.5, 0.6) is 0 Å². The van der Waals surface area contributed by atoms with E-state index in [1.54, 1.807) is 35.1 Å². The first-order chi connectivity index (χ1) is 14.9. The van der Waals surface area contributed by atoms with Crippen molar-refractivity contribution in [3.63, 3.8) is 0 Å². The number of rotatable bonds is 7. The standard InChI is InChI=1S/C20H18ClN7O2S/c1-31(29,30)27-18-6-3-2-5-17(18)25-19-16(21)13-22-20(26-19)24-14-7-9-15(10-8-14)28-12-4-11-23-28/h2-13,27H,1H3,(H2,22,24,25,26). The highest BCUT2D eigenvalue weighted by Gasteiger charge is 2.11. The average molecular weight is 456 g/mol. The van der Waals surface area contributed by atoms with Gasteiger partial charge in [-0.1, -0.05) is 23.7 Å². The third-order valence-corrected chi connectivity index (χ3v) is 4.98. The Kier molecular flexibility index (Phi) is 5.74. The van der Waals surface area contributed by atoms with E-state index in [2.05, 4.69) is 30.4 Å². The van der Waals surface area contributed by atoms with Gasteiger partial charge in [0.05, 0.1) is 29.5 Å². The Morgan fingerprint density at radius 3 is 2.39 bits per heavy atom. The Hall–Kier alpha value is -3.63. The Labute approximate surface area is 184 Å². The van der Waals surface area contributed by atoms with E-state index >= 15 is 0 Å². The lowest BCUT2D eigenvalue weighted by molar-refractivity contribution is 0.607. The van der Waals surface area contributed by atoms with Gasteiger partial charge in [0, 0.05) is 18.1 Å². The molecule has 11 heteroatoms. The third-order valence-electron chi connectivity index (χ3n) is 4.11. The molecule has 2 heterocycles. The molecule has 2 aromatic carbocycles. The summed E-state index contributed by atoms with van der Waals surface area (Å²) in [5, 5.41) is 10.7. The lowest BCUT2D eigenvalue weighted by Gasteiger charge is -2.14. The van der Waals surface area contributed by atoms with Gasteiger partial charge in [-0.25, -0.2) is 18.1 Å². The largest absolute Gasteiger partial charge is 0.337 e. The van der Waals surface area contributed by atoms with Crippen molar-refractivity contribution in [3.05, 3.63) is 78.2 Å². The summed E-state index contributed by atoms with van der Waals surface area (Å²) < 4.78 is 27.5. The predicted molar refractivity (Wildman–Crippen MR) is 122 cm³/mol. The zero-order valence-electron chi connectivity index (χ0n) is 16.3. The minimum atomic E-state index is -3.45. The van der Waals surface area contributed by atoms with Crippen LogP contribution in [0.25, 0.3) is 5.69 Å². The SMILES string of the molecule is CS(=O)(=O)Nc1ccccc1Nc1nc(Nc2ccc(-n3cccn3)cc2)ncc1Cl. The predicted octanol–water partition coefficient (Wildman–Crippen LogP) is 4.17. The summed E-state index contributed by atoms with van der Waals surface area (Å²) in [5.74, 6) is 0.655. The molecule has 31 heavy (non-hydrogen) atoms. The van der Waals surface area contributed by atoms with Crippen molar-refractivity contribution < 1.29 is 8.42 Å². The monoisotopic (exact) mass is 455 g/mol. The summed E-state index contributed by atoms with van der Waals surface area (Å²) >= 11 is 6.25. The number of para-hydroxylation sites is 2. The van der Waals surface area contributed by atoms with E-state index in [4.69, 9.17) is 11.6 Å². The molecule has 4 aromatic rings. The van der Waals surface area contributed by atoms with Crippen LogP contribution in [0, 0.1) is 0 Å². The van der Waals surface area contributed by atoms with Crippen LogP contribution in [0.1, 0.15) is 0 Å². The number of hydrogen-bond acceptors (Lipinski definition) is 7. The molecule has 0 atom stereocenters. The van der Waals surface area contributed by atoms with Crippen molar-refractivity contribution in [2.75, 3.05) is 21.6 Å². The van der Waals surface area contributed by atoms with E-state index in [1.165, 1.54) is 6.20 Å². The molecule has 0 aliphatic heterocycles. The molecule has 0 saturated heterocycles. The van der Waals surface area contributed by atoms with Gasteiger partial charge < -0.3 is 10.6 Å². The molecule has 0 saturated carbocycles. The number of aromatic nitrogens is 4. The second-order valence-corrected chi connectivity index (χ2v) is 8.71. The Morgan fingerprint density at radius 1 is 0.968 bits per heavy atom. The van der Waals surface area contributed by atoms with Gasteiger partial charge in [-0.05, 0) is 42.5 Å². The van der Waals surface area contributed by atoms with Crippen molar-refractivity contribution in [1.82, 2.24) is 19.7 Å². The summed E-state index contributed by atoms with van der Waals surface area (Å²) in [6.45, 7) is 0. The highest BCUT2D eigenvalue weighted by molar-refractivity contribution is 7.92. The molecule has 158 valence electrons. The molecular formula is C20H18ClN7O2S. The van der Waals surface area contributed by atoms with Crippen LogP contribution in [-0.2, 0) is 10.0 Å². The molecule has 4 rings (SSSR count). The number of nitrogens with one attached hydrogen (secondary N) is 3. The van der Waals surface area contributed by atoms with Crippen molar-refractivity contribution >= 4 is 50.5 Å². The van der Waals surface area contributed by atoms with Crippen LogP contribution in [0.15, 0.2) is 73.2 Å². The van der Waals surface area contributed by atoms with Crippen molar-refractivity contribution in [1.29, 1.82) is 0 Å². The Morgan fingerprint density at radius 2 is 1.71 bits per heavy atom. The fourth-order valence-electron chi connectivity index (χ4n) is 2.77. The number of benzene rings is 2. The zero-order chi connectivity index (χ0) is 21.8. The van der Waals surface area contributed by atoms with Gasteiger partial charge in [0.1, 0.15) is 5.02 Å². The highest BCUT2D eigenvalue weighted by atomic mass is 35.5. The minimum Gasteiger partial charge on any atom is -0.337 e. The summed E-state index contributed by atoms with van der Waals surface area (Å²) in [6.07, 6.45) is 6.12. The Balaban J connectivity index is 1.54. The molecule has 9 nitrogen and oxygen atoms in total. The van der Waals surface area contributed by atoms with Crippen LogP contribution >= 0.6 is 11.6 Å². The van der Waals surface area contributed by atoms with Crippen molar-refractivity contribution in [2.45, 2.75) is 0 Å². The summed E-state index contributed by atoms with van der Waals surface area (Å²) in [4.78, 5) is 8.62. The van der Waals surface area contributed by atoms with Gasteiger partial charge in [-0.15, -0.1) is 0 Å². The van der Waals surface area contributed by atoms with E-state index in [0.29, 0.717) is 23.1 Å². The van der Waals surface area contributed by atoms with E-state index < -0.39 is 10.0 Å². The van der Waals surface area contributed by atoms with Gasteiger partial charge in [0.2, 0.25) is 16.0 Å². The van der Waals surface area contributed by atoms with E-state index in [9.17, 15) is 8.42 Å². The molecule has 0 bridgehead atoms. The molecule has 2 aromatic heterocycles. The fourth-order valence-corrected chi connectivity index (χ4v) is 3.49. The second-order valence-electron chi connectivity index (χ2n) is 6.56. The minimum absolute atomic E-state index is 0.286. The number of halogens is 1. The van der Waals surface area contributed by atoms with Gasteiger partial charge in [0.25, 0.3) is 0 Å². The normalized spacial score (nSPS) is 11.2. The zero-order valence-corrected chi connectivity index (χ0v) is 17.9. The molecule has 3 N–H and O–H groups in total. The quantitative estimate of drug-likeness (QED) is 0.383.